The molecule has 2 rings (SSSR count). The second kappa shape index (κ2) is 3.95. The van der Waals surface area contributed by atoms with Crippen molar-refractivity contribution >= 4 is 0 Å². The highest BCUT2D eigenvalue weighted by Crippen LogP contribution is 2.20. The maximum absolute atomic E-state index is 9.98. The van der Waals surface area contributed by atoms with E-state index in [0.717, 1.165) is 19.5 Å². The second-order valence-corrected chi connectivity index (χ2v) is 4.90. The Bertz CT molecular complexity index is 325. The van der Waals surface area contributed by atoms with Crippen molar-refractivity contribution in [1.29, 1.82) is 0 Å². The number of aliphatic hydroxyl groups is 1. The molecule has 0 atom stereocenters. The van der Waals surface area contributed by atoms with Crippen LogP contribution in [0.2, 0.25) is 0 Å². The number of rotatable bonds is 3. The van der Waals surface area contributed by atoms with Gasteiger partial charge in [-0.2, -0.15) is 0 Å². The predicted octanol–water partition coefficient (Wildman–Crippen LogP) is 1.69. The topological polar surface area (TPSA) is 32.3 Å². The first-order valence-electron chi connectivity index (χ1n) is 5.61. The summed E-state index contributed by atoms with van der Waals surface area (Å²) in [6.07, 6.45) is 0.762. The van der Waals surface area contributed by atoms with Crippen LogP contribution in [0.25, 0.3) is 0 Å². The standard InChI is InChI=1S/C13H19NO/c1-10(2)12-5-3-11(4-6-12)7-13(15)8-14-9-13/h3-6,10,14-15H,7-9H2,1-2H3. The lowest BCUT2D eigenvalue weighted by molar-refractivity contribution is -0.00902. The van der Waals surface area contributed by atoms with Crippen LogP contribution in [-0.2, 0) is 6.42 Å². The number of β-amino-alcohol motifs (C(OH)–C–C–N with tert-alkyl or cyclic N) is 1. The molecule has 2 heteroatoms. The molecule has 0 aromatic heterocycles. The molecular formula is C13H19NO. The van der Waals surface area contributed by atoms with Crippen molar-refractivity contribution in [3.8, 4) is 0 Å². The maximum Gasteiger partial charge on any atom is 0.0935 e. The molecule has 1 heterocycles. The number of hydrogen-bond donors (Lipinski definition) is 2. The third-order valence-electron chi connectivity index (χ3n) is 3.09. The summed E-state index contributed by atoms with van der Waals surface area (Å²) in [5, 5.41) is 13.1. The zero-order valence-electron chi connectivity index (χ0n) is 9.46. The predicted molar refractivity (Wildman–Crippen MR) is 62.1 cm³/mol. The minimum atomic E-state index is -0.501. The van der Waals surface area contributed by atoms with Crippen LogP contribution in [-0.4, -0.2) is 23.8 Å². The Balaban J connectivity index is 2.04. The van der Waals surface area contributed by atoms with E-state index in [1.54, 1.807) is 0 Å². The quantitative estimate of drug-likeness (QED) is 0.787. The average molecular weight is 205 g/mol. The van der Waals surface area contributed by atoms with E-state index in [4.69, 9.17) is 0 Å². The van der Waals surface area contributed by atoms with Crippen LogP contribution in [0.3, 0.4) is 0 Å². The zero-order chi connectivity index (χ0) is 10.9. The van der Waals surface area contributed by atoms with Gasteiger partial charge in [0.1, 0.15) is 0 Å². The van der Waals surface area contributed by atoms with Crippen LogP contribution in [0.5, 0.6) is 0 Å². The largest absolute Gasteiger partial charge is 0.387 e. The van der Waals surface area contributed by atoms with E-state index >= 15 is 0 Å². The SMILES string of the molecule is CC(C)c1ccc(CC2(O)CNC2)cc1. The number of benzene rings is 1. The lowest BCUT2D eigenvalue weighted by Crippen LogP contribution is -2.60. The Morgan fingerprint density at radius 1 is 1.27 bits per heavy atom. The normalized spacial score (nSPS) is 18.9. The molecule has 2 N–H and O–H groups in total. The van der Waals surface area contributed by atoms with Gasteiger partial charge in [0.25, 0.3) is 0 Å². The molecule has 0 spiro atoms. The Morgan fingerprint density at radius 3 is 2.27 bits per heavy atom. The van der Waals surface area contributed by atoms with Crippen molar-refractivity contribution in [1.82, 2.24) is 5.32 Å². The first-order chi connectivity index (χ1) is 7.09. The molecule has 0 amide bonds. The molecule has 1 fully saturated rings. The van der Waals surface area contributed by atoms with Gasteiger partial charge >= 0.3 is 0 Å². The Hall–Kier alpha value is -0.860. The molecule has 15 heavy (non-hydrogen) atoms. The molecular weight excluding hydrogens is 186 g/mol. The van der Waals surface area contributed by atoms with Crippen LogP contribution >= 0.6 is 0 Å². The van der Waals surface area contributed by atoms with Crippen LogP contribution in [0.1, 0.15) is 30.9 Å². The highest BCUT2D eigenvalue weighted by atomic mass is 16.3. The van der Waals surface area contributed by atoms with E-state index in [1.165, 1.54) is 11.1 Å². The highest BCUT2D eigenvalue weighted by molar-refractivity contribution is 5.26. The van der Waals surface area contributed by atoms with Gasteiger partial charge in [0.2, 0.25) is 0 Å². The van der Waals surface area contributed by atoms with Gasteiger partial charge in [0.15, 0.2) is 0 Å². The minimum absolute atomic E-state index is 0.501. The molecule has 1 aromatic carbocycles. The van der Waals surface area contributed by atoms with E-state index in [2.05, 4.69) is 43.4 Å². The first-order valence-corrected chi connectivity index (χ1v) is 5.61. The van der Waals surface area contributed by atoms with Crippen LogP contribution in [0.4, 0.5) is 0 Å². The summed E-state index contributed by atoms with van der Waals surface area (Å²) in [4.78, 5) is 0. The van der Waals surface area contributed by atoms with Crippen LogP contribution in [0.15, 0.2) is 24.3 Å². The lowest BCUT2D eigenvalue weighted by Gasteiger charge is -2.37. The number of nitrogens with one attached hydrogen (secondary N) is 1. The monoisotopic (exact) mass is 205 g/mol. The van der Waals surface area contributed by atoms with E-state index in [1.807, 2.05) is 0 Å². The highest BCUT2D eigenvalue weighted by Gasteiger charge is 2.33. The fraction of sp³-hybridized carbons (Fsp3) is 0.538. The molecule has 82 valence electrons. The molecule has 1 aliphatic rings. The fourth-order valence-corrected chi connectivity index (χ4v) is 1.94. The van der Waals surface area contributed by atoms with E-state index in [-0.39, 0.29) is 0 Å². The summed E-state index contributed by atoms with van der Waals surface area (Å²) < 4.78 is 0. The molecule has 2 nitrogen and oxygen atoms in total. The van der Waals surface area contributed by atoms with Gasteiger partial charge in [-0.3, -0.25) is 0 Å². The average Bonchev–Trinajstić information content (AvgIpc) is 2.16. The Kier molecular flexibility index (Phi) is 2.81. The third kappa shape index (κ3) is 2.39. The van der Waals surface area contributed by atoms with Gasteiger partial charge in [0.05, 0.1) is 5.60 Å². The summed E-state index contributed by atoms with van der Waals surface area (Å²) in [5.41, 5.74) is 2.08. The van der Waals surface area contributed by atoms with E-state index in [0.29, 0.717) is 5.92 Å². The molecule has 1 aliphatic heterocycles. The third-order valence-corrected chi connectivity index (χ3v) is 3.09. The molecule has 1 saturated heterocycles. The Morgan fingerprint density at radius 2 is 1.87 bits per heavy atom. The first kappa shape index (κ1) is 10.7. The van der Waals surface area contributed by atoms with Crippen molar-refractivity contribution in [2.75, 3.05) is 13.1 Å². The van der Waals surface area contributed by atoms with Gasteiger partial charge in [-0.25, -0.2) is 0 Å². The molecule has 0 bridgehead atoms. The minimum Gasteiger partial charge on any atom is -0.387 e. The molecule has 1 aromatic rings. The van der Waals surface area contributed by atoms with Crippen LogP contribution < -0.4 is 5.32 Å². The van der Waals surface area contributed by atoms with Crippen molar-refractivity contribution in [3.05, 3.63) is 35.4 Å². The van der Waals surface area contributed by atoms with Crippen molar-refractivity contribution in [2.45, 2.75) is 31.8 Å². The van der Waals surface area contributed by atoms with Crippen LogP contribution in [0, 0.1) is 0 Å². The van der Waals surface area contributed by atoms with Gasteiger partial charge < -0.3 is 10.4 Å². The summed E-state index contributed by atoms with van der Waals surface area (Å²) >= 11 is 0. The van der Waals surface area contributed by atoms with Crippen molar-refractivity contribution < 1.29 is 5.11 Å². The maximum atomic E-state index is 9.98. The molecule has 0 saturated carbocycles. The van der Waals surface area contributed by atoms with Gasteiger partial charge in [-0.15, -0.1) is 0 Å². The van der Waals surface area contributed by atoms with Crippen molar-refractivity contribution in [2.24, 2.45) is 0 Å². The van der Waals surface area contributed by atoms with Gasteiger partial charge in [-0.05, 0) is 17.0 Å². The van der Waals surface area contributed by atoms with Crippen molar-refractivity contribution in [3.63, 3.8) is 0 Å². The summed E-state index contributed by atoms with van der Waals surface area (Å²) in [6, 6.07) is 8.59. The van der Waals surface area contributed by atoms with Gasteiger partial charge in [0, 0.05) is 19.5 Å². The smallest absolute Gasteiger partial charge is 0.0935 e. The van der Waals surface area contributed by atoms with E-state index in [9.17, 15) is 5.11 Å². The number of hydrogen-bond acceptors (Lipinski definition) is 2. The summed E-state index contributed by atoms with van der Waals surface area (Å²) in [7, 11) is 0. The summed E-state index contributed by atoms with van der Waals surface area (Å²) in [5.74, 6) is 0.576. The van der Waals surface area contributed by atoms with Gasteiger partial charge in [-0.1, -0.05) is 38.1 Å². The molecule has 0 unspecified atom stereocenters. The fourth-order valence-electron chi connectivity index (χ4n) is 1.94. The van der Waals surface area contributed by atoms with E-state index < -0.39 is 5.60 Å². The molecule has 0 radical (unpaired) electrons. The molecule has 0 aliphatic carbocycles. The second-order valence-electron chi connectivity index (χ2n) is 4.90. The summed E-state index contributed by atoms with van der Waals surface area (Å²) in [6.45, 7) is 5.83. The lowest BCUT2D eigenvalue weighted by atomic mass is 9.88. The Labute approximate surface area is 91.3 Å². The zero-order valence-corrected chi connectivity index (χ0v) is 9.46.